The van der Waals surface area contributed by atoms with Gasteiger partial charge in [0.1, 0.15) is 11.3 Å². The first-order valence-corrected chi connectivity index (χ1v) is 6.27. The van der Waals surface area contributed by atoms with Gasteiger partial charge in [-0.15, -0.1) is 0 Å². The molecule has 0 aliphatic rings. The normalized spacial score (nSPS) is 9.94. The Balaban J connectivity index is 2.93. The van der Waals surface area contributed by atoms with Crippen molar-refractivity contribution in [3.8, 4) is 0 Å². The molecule has 1 aromatic carbocycles. The quantitative estimate of drug-likeness (QED) is 0.357. The van der Waals surface area contributed by atoms with E-state index in [2.05, 4.69) is 5.32 Å². The number of nitro groups is 1. The molecule has 1 aromatic rings. The Morgan fingerprint density at radius 2 is 2.29 bits per heavy atom. The third-order valence-corrected chi connectivity index (χ3v) is 2.70. The number of nitrogens with two attached hydrogens (primary N) is 1. The summed E-state index contributed by atoms with van der Waals surface area (Å²) in [7, 11) is 0. The molecule has 0 atom stereocenters. The minimum absolute atomic E-state index is 0.00361. The highest BCUT2D eigenvalue weighted by Gasteiger charge is 2.22. The molecule has 0 bridgehead atoms. The number of thioether (sulfide) groups is 1. The molecule has 1 amide bonds. The predicted molar refractivity (Wildman–Crippen MR) is 68.2 cm³/mol. The summed E-state index contributed by atoms with van der Waals surface area (Å²) >= 11 is 1.58. The molecule has 3 N–H and O–H groups in total. The molecule has 0 fully saturated rings. The van der Waals surface area contributed by atoms with Crippen LogP contribution in [0.1, 0.15) is 10.4 Å². The Labute approximate surface area is 103 Å². The van der Waals surface area contributed by atoms with Crippen molar-refractivity contribution < 1.29 is 9.72 Å². The van der Waals surface area contributed by atoms with Gasteiger partial charge in [0, 0.05) is 12.3 Å². The van der Waals surface area contributed by atoms with Gasteiger partial charge < -0.3 is 11.1 Å². The van der Waals surface area contributed by atoms with Gasteiger partial charge in [-0.2, -0.15) is 11.8 Å². The molecule has 0 aliphatic carbocycles. The number of carbonyl (C=O) groups excluding carboxylic acids is 1. The van der Waals surface area contributed by atoms with E-state index in [1.165, 1.54) is 18.2 Å². The molecule has 0 aliphatic heterocycles. The average Bonchev–Trinajstić information content (AvgIpc) is 2.28. The maximum Gasteiger partial charge on any atom is 0.304 e. The molecule has 0 radical (unpaired) electrons. The number of nitrogens with zero attached hydrogens (tertiary/aromatic N) is 1. The molecule has 0 heterocycles. The van der Waals surface area contributed by atoms with Crippen molar-refractivity contribution in [2.45, 2.75) is 0 Å². The van der Waals surface area contributed by atoms with Crippen LogP contribution in [0.15, 0.2) is 18.2 Å². The van der Waals surface area contributed by atoms with Gasteiger partial charge in [-0.1, -0.05) is 6.07 Å². The molecule has 0 saturated carbocycles. The number of nitrogens with one attached hydrogen (secondary N) is 1. The van der Waals surface area contributed by atoms with Gasteiger partial charge in [0.25, 0.3) is 5.91 Å². The molecule has 6 nitrogen and oxygen atoms in total. The van der Waals surface area contributed by atoms with Gasteiger partial charge in [0.15, 0.2) is 0 Å². The monoisotopic (exact) mass is 255 g/mol. The molecule has 0 unspecified atom stereocenters. The lowest BCUT2D eigenvalue weighted by atomic mass is 10.1. The highest BCUT2D eigenvalue weighted by molar-refractivity contribution is 7.98. The van der Waals surface area contributed by atoms with E-state index in [9.17, 15) is 14.9 Å². The topological polar surface area (TPSA) is 98.3 Å². The lowest BCUT2D eigenvalue weighted by Gasteiger charge is -2.06. The van der Waals surface area contributed by atoms with Crippen LogP contribution in [0, 0.1) is 10.1 Å². The summed E-state index contributed by atoms with van der Waals surface area (Å²) in [5.74, 6) is 0.278. The first-order valence-electron chi connectivity index (χ1n) is 4.88. The van der Waals surface area contributed by atoms with Crippen LogP contribution in [0.3, 0.4) is 0 Å². The second kappa shape index (κ2) is 6.09. The van der Waals surface area contributed by atoms with Crippen molar-refractivity contribution >= 4 is 29.0 Å². The molecule has 0 saturated heterocycles. The number of rotatable bonds is 5. The van der Waals surface area contributed by atoms with E-state index in [1.807, 2.05) is 6.26 Å². The van der Waals surface area contributed by atoms with Crippen molar-refractivity contribution in [1.29, 1.82) is 0 Å². The zero-order valence-corrected chi connectivity index (χ0v) is 10.1. The second-order valence-electron chi connectivity index (χ2n) is 3.25. The average molecular weight is 255 g/mol. The summed E-state index contributed by atoms with van der Waals surface area (Å²) in [5.41, 5.74) is 5.14. The Kier molecular flexibility index (Phi) is 4.77. The summed E-state index contributed by atoms with van der Waals surface area (Å²) in [6, 6.07) is 4.31. The Bertz CT molecular complexity index is 437. The van der Waals surface area contributed by atoms with Crippen LogP contribution >= 0.6 is 11.8 Å². The van der Waals surface area contributed by atoms with Crippen LogP contribution < -0.4 is 11.1 Å². The zero-order valence-electron chi connectivity index (χ0n) is 9.30. The number of nitro benzene ring substituents is 1. The van der Waals surface area contributed by atoms with Gasteiger partial charge in [-0.25, -0.2) is 0 Å². The van der Waals surface area contributed by atoms with Crippen LogP contribution in [0.4, 0.5) is 11.4 Å². The maximum atomic E-state index is 11.7. The fraction of sp³-hybridized carbons (Fsp3) is 0.300. The maximum absolute atomic E-state index is 11.7. The van der Waals surface area contributed by atoms with Gasteiger partial charge in [-0.3, -0.25) is 14.9 Å². The minimum Gasteiger partial charge on any atom is -0.393 e. The van der Waals surface area contributed by atoms with Crippen molar-refractivity contribution in [2.75, 3.05) is 24.3 Å². The molecule has 17 heavy (non-hydrogen) atoms. The van der Waals surface area contributed by atoms with Crippen molar-refractivity contribution in [2.24, 2.45) is 0 Å². The fourth-order valence-electron chi connectivity index (χ4n) is 1.31. The number of benzene rings is 1. The molecule has 7 heteroatoms. The van der Waals surface area contributed by atoms with Crippen LogP contribution in [0.2, 0.25) is 0 Å². The SMILES string of the molecule is CSCCNC(=O)c1cccc(N)c1[N+](=O)[O-]. The number of hydrogen-bond acceptors (Lipinski definition) is 5. The summed E-state index contributed by atoms with van der Waals surface area (Å²) in [4.78, 5) is 21.9. The van der Waals surface area contributed by atoms with E-state index in [0.29, 0.717) is 6.54 Å². The van der Waals surface area contributed by atoms with E-state index in [0.717, 1.165) is 5.75 Å². The van der Waals surface area contributed by atoms with E-state index in [1.54, 1.807) is 11.8 Å². The number of nitrogen functional groups attached to an aromatic ring is 1. The van der Waals surface area contributed by atoms with Gasteiger partial charge in [0.05, 0.1) is 4.92 Å². The highest BCUT2D eigenvalue weighted by atomic mass is 32.2. The number of carbonyl (C=O) groups is 1. The van der Waals surface area contributed by atoms with Gasteiger partial charge in [0.2, 0.25) is 0 Å². The highest BCUT2D eigenvalue weighted by Crippen LogP contribution is 2.25. The van der Waals surface area contributed by atoms with E-state index in [-0.39, 0.29) is 16.9 Å². The number of amides is 1. The van der Waals surface area contributed by atoms with Crippen LogP contribution in [-0.2, 0) is 0 Å². The molecule has 1 rings (SSSR count). The van der Waals surface area contributed by atoms with E-state index < -0.39 is 10.8 Å². The van der Waals surface area contributed by atoms with Crippen molar-refractivity contribution in [3.63, 3.8) is 0 Å². The van der Waals surface area contributed by atoms with Crippen LogP contribution in [0.5, 0.6) is 0 Å². The second-order valence-corrected chi connectivity index (χ2v) is 4.23. The molecule has 92 valence electrons. The summed E-state index contributed by atoms with van der Waals surface area (Å²) < 4.78 is 0. The first-order chi connectivity index (χ1) is 8.07. The first kappa shape index (κ1) is 13.3. The largest absolute Gasteiger partial charge is 0.393 e. The van der Waals surface area contributed by atoms with Gasteiger partial charge >= 0.3 is 5.69 Å². The molecule has 0 aromatic heterocycles. The summed E-state index contributed by atoms with van der Waals surface area (Å²) in [5, 5.41) is 13.4. The Morgan fingerprint density at radius 1 is 1.59 bits per heavy atom. The minimum atomic E-state index is -0.640. The number of para-hydroxylation sites is 1. The van der Waals surface area contributed by atoms with E-state index in [4.69, 9.17) is 5.73 Å². The molecular weight excluding hydrogens is 242 g/mol. The third kappa shape index (κ3) is 3.35. The summed E-state index contributed by atoms with van der Waals surface area (Å²) in [6.45, 7) is 0.464. The fourth-order valence-corrected chi connectivity index (χ4v) is 1.62. The zero-order chi connectivity index (χ0) is 12.8. The van der Waals surface area contributed by atoms with Crippen LogP contribution in [0.25, 0.3) is 0 Å². The Morgan fingerprint density at radius 3 is 2.88 bits per heavy atom. The van der Waals surface area contributed by atoms with E-state index >= 15 is 0 Å². The number of anilines is 1. The third-order valence-electron chi connectivity index (χ3n) is 2.09. The van der Waals surface area contributed by atoms with Crippen molar-refractivity contribution in [1.82, 2.24) is 5.32 Å². The standard InChI is InChI=1S/C10H13N3O3S/c1-17-6-5-12-10(14)7-3-2-4-8(11)9(7)13(15)16/h2-4H,5-6,11H2,1H3,(H,12,14). The smallest absolute Gasteiger partial charge is 0.304 e. The number of hydrogen-bond donors (Lipinski definition) is 2. The lowest BCUT2D eigenvalue weighted by Crippen LogP contribution is -2.26. The summed E-state index contributed by atoms with van der Waals surface area (Å²) in [6.07, 6.45) is 1.91. The molecule has 0 spiro atoms. The van der Waals surface area contributed by atoms with Crippen LogP contribution in [-0.4, -0.2) is 29.4 Å². The lowest BCUT2D eigenvalue weighted by molar-refractivity contribution is -0.384. The van der Waals surface area contributed by atoms with Gasteiger partial charge in [-0.05, 0) is 18.4 Å². The predicted octanol–water partition coefficient (Wildman–Crippen LogP) is 1.27. The Hall–Kier alpha value is -1.76. The van der Waals surface area contributed by atoms with Crippen molar-refractivity contribution in [3.05, 3.63) is 33.9 Å². The molecular formula is C10H13N3O3S.